The quantitative estimate of drug-likeness (QED) is 0.384. The summed E-state index contributed by atoms with van der Waals surface area (Å²) >= 11 is 3.83. The molecule has 0 nitrogen and oxygen atoms in total. The third-order valence-electron chi connectivity index (χ3n) is 3.17. The Balaban J connectivity index is 2.33. The van der Waals surface area contributed by atoms with Crippen molar-refractivity contribution in [1.82, 2.24) is 0 Å². The van der Waals surface area contributed by atoms with Crippen molar-refractivity contribution in [2.75, 3.05) is 0 Å². The number of fused-ring (bicyclic) bond motifs is 5. The molecule has 2 aromatic heterocycles. The van der Waals surface area contributed by atoms with Gasteiger partial charge in [-0.1, -0.05) is 29.8 Å². The number of thiophene rings is 2. The smallest absolute Gasteiger partial charge is 0.0890 e. The van der Waals surface area contributed by atoms with Crippen LogP contribution in [0.2, 0.25) is 0 Å². The first kappa shape index (κ1) is 9.63. The van der Waals surface area contributed by atoms with Crippen molar-refractivity contribution in [1.29, 1.82) is 0 Å². The summed E-state index contributed by atoms with van der Waals surface area (Å²) < 4.78 is 4.26. The van der Waals surface area contributed by atoms with Gasteiger partial charge in [0.1, 0.15) is 0 Å². The molecule has 0 N–H and O–H groups in total. The Bertz CT molecular complexity index is 849. The van der Waals surface area contributed by atoms with Gasteiger partial charge in [-0.25, -0.2) is 0 Å². The first-order valence-electron chi connectivity index (χ1n) is 5.63. The van der Waals surface area contributed by atoms with E-state index in [9.17, 15) is 0 Å². The zero-order chi connectivity index (χ0) is 11.4. The Morgan fingerprint density at radius 3 is 2.47 bits per heavy atom. The molecule has 0 aliphatic rings. The minimum atomic E-state index is 1.34. The second kappa shape index (κ2) is 3.31. The second-order valence-electron chi connectivity index (χ2n) is 4.36. The number of rotatable bonds is 0. The van der Waals surface area contributed by atoms with Crippen LogP contribution in [-0.4, -0.2) is 0 Å². The van der Waals surface area contributed by atoms with E-state index >= 15 is 0 Å². The van der Waals surface area contributed by atoms with E-state index in [1.54, 1.807) is 0 Å². The molecule has 0 amide bonds. The lowest BCUT2D eigenvalue weighted by Crippen LogP contribution is -1.70. The molecule has 0 bridgehead atoms. The van der Waals surface area contributed by atoms with Gasteiger partial charge in [0.25, 0.3) is 0 Å². The Hall–Kier alpha value is -1.38. The van der Waals surface area contributed by atoms with Crippen LogP contribution in [0.1, 0.15) is 5.56 Å². The first-order chi connectivity index (χ1) is 8.33. The summed E-state index contributed by atoms with van der Waals surface area (Å²) in [6.07, 6.45) is 0. The Kier molecular flexibility index (Phi) is 1.88. The van der Waals surface area contributed by atoms with Crippen LogP contribution >= 0.6 is 22.7 Å². The van der Waals surface area contributed by atoms with E-state index in [0.717, 1.165) is 0 Å². The van der Waals surface area contributed by atoms with Gasteiger partial charge in [0.15, 0.2) is 0 Å². The molecule has 0 unspecified atom stereocenters. The van der Waals surface area contributed by atoms with Gasteiger partial charge in [-0.15, -0.1) is 22.7 Å². The van der Waals surface area contributed by atoms with Crippen LogP contribution < -0.4 is 0 Å². The molecule has 0 radical (unpaired) electrons. The lowest BCUT2D eigenvalue weighted by molar-refractivity contribution is 1.52. The van der Waals surface area contributed by atoms with Crippen LogP contribution in [0.5, 0.6) is 0 Å². The van der Waals surface area contributed by atoms with Crippen LogP contribution in [0.3, 0.4) is 0 Å². The summed E-state index contributed by atoms with van der Waals surface area (Å²) in [5, 5.41) is 4.28. The fourth-order valence-corrected chi connectivity index (χ4v) is 4.96. The maximum absolute atomic E-state index is 2.31. The summed E-state index contributed by atoms with van der Waals surface area (Å²) in [7, 11) is 0. The maximum Gasteiger partial charge on any atom is 0.0890 e. The maximum atomic E-state index is 2.31. The van der Waals surface area contributed by atoms with Crippen molar-refractivity contribution in [3.8, 4) is 0 Å². The van der Waals surface area contributed by atoms with Gasteiger partial charge in [-0.05, 0) is 25.1 Å². The van der Waals surface area contributed by atoms with E-state index in [-0.39, 0.29) is 0 Å². The molecular weight excluding hydrogens is 244 g/mol. The predicted molar refractivity (Wildman–Crippen MR) is 79.5 cm³/mol. The summed E-state index contributed by atoms with van der Waals surface area (Å²) in [5.74, 6) is 0. The van der Waals surface area contributed by atoms with Crippen molar-refractivity contribution in [3.63, 3.8) is 0 Å². The molecule has 0 fully saturated rings. The highest BCUT2D eigenvalue weighted by Gasteiger charge is 2.11. The van der Waals surface area contributed by atoms with Crippen molar-refractivity contribution < 1.29 is 0 Å². The highest BCUT2D eigenvalue weighted by Crippen LogP contribution is 2.43. The standard InChI is InChI=1S/C15H10S2/c1-9-6-7-13-11(8-9)14-10-4-2-3-5-12(10)16-15(14)17-13/h2-8H,1H3. The van der Waals surface area contributed by atoms with E-state index in [4.69, 9.17) is 0 Å². The minimum absolute atomic E-state index is 1.34. The third kappa shape index (κ3) is 1.28. The van der Waals surface area contributed by atoms with E-state index in [0.29, 0.717) is 0 Å². The summed E-state index contributed by atoms with van der Waals surface area (Å²) in [5.41, 5.74) is 1.34. The molecule has 0 saturated heterocycles. The zero-order valence-corrected chi connectivity index (χ0v) is 11.0. The van der Waals surface area contributed by atoms with Gasteiger partial charge in [0, 0.05) is 25.6 Å². The zero-order valence-electron chi connectivity index (χ0n) is 9.36. The SMILES string of the molecule is Cc1ccc2sc3sc4ccccc4c3c2c1. The van der Waals surface area contributed by atoms with E-state index in [1.165, 1.54) is 35.1 Å². The van der Waals surface area contributed by atoms with E-state index in [1.807, 2.05) is 22.7 Å². The van der Waals surface area contributed by atoms with Crippen molar-refractivity contribution in [2.45, 2.75) is 6.92 Å². The predicted octanol–water partition coefficient (Wildman–Crippen LogP) is 5.58. The van der Waals surface area contributed by atoms with Gasteiger partial charge < -0.3 is 0 Å². The normalized spacial score (nSPS) is 11.8. The van der Waals surface area contributed by atoms with Crippen LogP contribution in [0, 0.1) is 6.92 Å². The minimum Gasteiger partial charge on any atom is -0.124 e. The highest BCUT2D eigenvalue weighted by molar-refractivity contribution is 7.44. The lowest BCUT2D eigenvalue weighted by Gasteiger charge is -1.94. The molecule has 2 heteroatoms. The molecule has 0 atom stereocenters. The number of hydrogen-bond acceptors (Lipinski definition) is 2. The molecule has 4 aromatic rings. The average Bonchev–Trinajstić information content (AvgIpc) is 2.84. The van der Waals surface area contributed by atoms with Crippen LogP contribution in [0.25, 0.3) is 29.6 Å². The third-order valence-corrected chi connectivity index (χ3v) is 5.60. The van der Waals surface area contributed by atoms with Gasteiger partial charge in [0.05, 0.1) is 4.01 Å². The molecular formula is C15H10S2. The topological polar surface area (TPSA) is 0 Å². The summed E-state index contributed by atoms with van der Waals surface area (Å²) in [4.78, 5) is 0. The van der Waals surface area contributed by atoms with Crippen molar-refractivity contribution in [2.24, 2.45) is 0 Å². The molecule has 82 valence electrons. The molecule has 17 heavy (non-hydrogen) atoms. The average molecular weight is 254 g/mol. The Morgan fingerprint density at radius 1 is 0.824 bits per heavy atom. The highest BCUT2D eigenvalue weighted by atomic mass is 32.2. The Morgan fingerprint density at radius 2 is 1.59 bits per heavy atom. The molecule has 4 rings (SSSR count). The van der Waals surface area contributed by atoms with Crippen LogP contribution in [0.4, 0.5) is 0 Å². The van der Waals surface area contributed by atoms with E-state index < -0.39 is 0 Å². The van der Waals surface area contributed by atoms with Crippen molar-refractivity contribution >= 4 is 52.2 Å². The number of aryl methyl sites for hydroxylation is 1. The van der Waals surface area contributed by atoms with Gasteiger partial charge in [0.2, 0.25) is 0 Å². The van der Waals surface area contributed by atoms with E-state index in [2.05, 4.69) is 49.4 Å². The molecule has 0 aliphatic carbocycles. The molecule has 0 aliphatic heterocycles. The lowest BCUT2D eigenvalue weighted by atomic mass is 10.1. The monoisotopic (exact) mass is 254 g/mol. The Labute approximate surface area is 107 Å². The van der Waals surface area contributed by atoms with Gasteiger partial charge >= 0.3 is 0 Å². The fraction of sp³-hybridized carbons (Fsp3) is 0.0667. The fourth-order valence-electron chi connectivity index (χ4n) is 2.38. The number of benzene rings is 2. The second-order valence-corrected chi connectivity index (χ2v) is 6.73. The van der Waals surface area contributed by atoms with Gasteiger partial charge in [-0.2, -0.15) is 0 Å². The van der Waals surface area contributed by atoms with Crippen LogP contribution in [-0.2, 0) is 0 Å². The summed E-state index contributed by atoms with van der Waals surface area (Å²) in [6.45, 7) is 2.16. The van der Waals surface area contributed by atoms with Gasteiger partial charge in [-0.3, -0.25) is 0 Å². The molecule has 0 spiro atoms. The summed E-state index contributed by atoms with van der Waals surface area (Å²) in [6, 6.07) is 15.5. The molecule has 0 saturated carbocycles. The van der Waals surface area contributed by atoms with Crippen molar-refractivity contribution in [3.05, 3.63) is 48.0 Å². The van der Waals surface area contributed by atoms with Crippen LogP contribution in [0.15, 0.2) is 42.5 Å². The number of hydrogen-bond donors (Lipinski definition) is 0. The molecule has 2 heterocycles. The first-order valence-corrected chi connectivity index (χ1v) is 7.26. The molecule has 2 aromatic carbocycles. The largest absolute Gasteiger partial charge is 0.124 e.